The van der Waals surface area contributed by atoms with E-state index in [0.29, 0.717) is 5.92 Å². The lowest BCUT2D eigenvalue weighted by Gasteiger charge is -2.27. The van der Waals surface area contributed by atoms with Crippen molar-refractivity contribution in [3.63, 3.8) is 0 Å². The Morgan fingerprint density at radius 1 is 1.25 bits per heavy atom. The van der Waals surface area contributed by atoms with Gasteiger partial charge < -0.3 is 0 Å². The molecule has 2 atom stereocenters. The van der Waals surface area contributed by atoms with Crippen molar-refractivity contribution in [2.24, 2.45) is 5.92 Å². The summed E-state index contributed by atoms with van der Waals surface area (Å²) in [7, 11) is 0. The van der Waals surface area contributed by atoms with Crippen molar-refractivity contribution in [3.05, 3.63) is 34.6 Å². The molecule has 2 unspecified atom stereocenters. The predicted octanol–water partition coefficient (Wildman–Crippen LogP) is 4.82. The van der Waals surface area contributed by atoms with Gasteiger partial charge in [0.05, 0.1) is 5.02 Å². The average Bonchev–Trinajstić information content (AvgIpc) is 2.27. The predicted molar refractivity (Wildman–Crippen MR) is 66.7 cm³/mol. The number of hydrogen-bond donors (Lipinski definition) is 0. The molecule has 0 amide bonds. The van der Waals surface area contributed by atoms with Crippen molar-refractivity contribution >= 4 is 23.2 Å². The lowest BCUT2D eigenvalue weighted by atomic mass is 9.84. The lowest BCUT2D eigenvalue weighted by Crippen LogP contribution is -2.21. The highest BCUT2D eigenvalue weighted by atomic mass is 35.5. The van der Waals surface area contributed by atoms with Crippen LogP contribution in [0.5, 0.6) is 0 Å². The summed E-state index contributed by atoms with van der Waals surface area (Å²) in [5.74, 6) is 0.161. The monoisotopic (exact) mass is 260 g/mol. The van der Waals surface area contributed by atoms with E-state index >= 15 is 0 Å². The van der Waals surface area contributed by atoms with Crippen molar-refractivity contribution < 1.29 is 4.39 Å². The van der Waals surface area contributed by atoms with Crippen LogP contribution >= 0.6 is 23.2 Å². The van der Waals surface area contributed by atoms with E-state index in [2.05, 4.69) is 0 Å². The molecule has 3 heteroatoms. The first kappa shape index (κ1) is 12.2. The van der Waals surface area contributed by atoms with E-state index < -0.39 is 0 Å². The van der Waals surface area contributed by atoms with Crippen LogP contribution in [0.1, 0.15) is 31.2 Å². The molecule has 1 aromatic carbocycles. The van der Waals surface area contributed by atoms with Crippen LogP contribution in [0.25, 0.3) is 0 Å². The van der Waals surface area contributed by atoms with Gasteiger partial charge in [-0.15, -0.1) is 11.6 Å². The second-order valence-electron chi connectivity index (χ2n) is 4.51. The minimum Gasteiger partial charge on any atom is -0.205 e. The summed E-state index contributed by atoms with van der Waals surface area (Å²) in [6, 6.07) is 4.96. The fourth-order valence-corrected chi connectivity index (χ4v) is 2.93. The quantitative estimate of drug-likeness (QED) is 0.669. The fourth-order valence-electron chi connectivity index (χ4n) is 2.36. The van der Waals surface area contributed by atoms with Gasteiger partial charge in [0.2, 0.25) is 0 Å². The summed E-state index contributed by atoms with van der Waals surface area (Å²) in [4.78, 5) is 0. The van der Waals surface area contributed by atoms with Gasteiger partial charge in [-0.25, -0.2) is 4.39 Å². The van der Waals surface area contributed by atoms with E-state index in [9.17, 15) is 4.39 Å². The molecule has 0 saturated heterocycles. The zero-order valence-corrected chi connectivity index (χ0v) is 10.6. The zero-order chi connectivity index (χ0) is 11.5. The summed E-state index contributed by atoms with van der Waals surface area (Å²) >= 11 is 12.1. The first-order chi connectivity index (χ1) is 7.66. The molecule has 0 nitrogen and oxygen atoms in total. The molecular weight excluding hydrogens is 246 g/mol. The third-order valence-corrected chi connectivity index (χ3v) is 4.16. The van der Waals surface area contributed by atoms with Gasteiger partial charge in [-0.1, -0.05) is 30.5 Å². The van der Waals surface area contributed by atoms with Crippen molar-refractivity contribution in [3.8, 4) is 0 Å². The van der Waals surface area contributed by atoms with Crippen molar-refractivity contribution in [1.82, 2.24) is 0 Å². The molecule has 1 fully saturated rings. The molecule has 1 aromatic rings. The average molecular weight is 261 g/mol. The van der Waals surface area contributed by atoms with Gasteiger partial charge in [-0.3, -0.25) is 0 Å². The number of halogens is 3. The molecule has 88 valence electrons. The van der Waals surface area contributed by atoms with Crippen molar-refractivity contribution in [2.45, 2.75) is 37.5 Å². The standard InChI is InChI=1S/C13H15Cl2F/c14-11-4-2-1-3-10(11)7-9-5-6-13(16)12(15)8-9/h5-6,8,10-11H,1-4,7H2. The first-order valence-electron chi connectivity index (χ1n) is 5.75. The van der Waals surface area contributed by atoms with Crippen LogP contribution in [0.2, 0.25) is 5.02 Å². The Labute approximate surface area is 106 Å². The Balaban J connectivity index is 2.05. The van der Waals surface area contributed by atoms with Crippen LogP contribution in [0.3, 0.4) is 0 Å². The molecule has 1 aliphatic carbocycles. The van der Waals surface area contributed by atoms with E-state index in [4.69, 9.17) is 23.2 Å². The van der Waals surface area contributed by atoms with Crippen LogP contribution in [0, 0.1) is 11.7 Å². The highest BCUT2D eigenvalue weighted by molar-refractivity contribution is 6.30. The summed E-state index contributed by atoms with van der Waals surface area (Å²) in [5, 5.41) is 0.469. The van der Waals surface area contributed by atoms with Gasteiger partial charge in [0.15, 0.2) is 0 Å². The molecule has 0 N–H and O–H groups in total. The minimum absolute atomic E-state index is 0.208. The SMILES string of the molecule is Fc1ccc(CC2CCCCC2Cl)cc1Cl. The molecule has 0 heterocycles. The van der Waals surface area contributed by atoms with Gasteiger partial charge in [-0.2, -0.15) is 0 Å². The molecule has 1 aliphatic rings. The Morgan fingerprint density at radius 2 is 2.00 bits per heavy atom. The van der Waals surface area contributed by atoms with E-state index in [1.807, 2.05) is 0 Å². The Bertz CT molecular complexity index is 365. The van der Waals surface area contributed by atoms with Gasteiger partial charge >= 0.3 is 0 Å². The summed E-state index contributed by atoms with van der Waals surface area (Å²) < 4.78 is 13.0. The number of alkyl halides is 1. The van der Waals surface area contributed by atoms with Crippen LogP contribution in [-0.2, 0) is 6.42 Å². The number of rotatable bonds is 2. The van der Waals surface area contributed by atoms with Gasteiger partial charge in [0, 0.05) is 5.38 Å². The molecule has 0 radical (unpaired) electrons. The highest BCUT2D eigenvalue weighted by Gasteiger charge is 2.23. The fraction of sp³-hybridized carbons (Fsp3) is 0.538. The normalized spacial score (nSPS) is 25.7. The van der Waals surface area contributed by atoms with E-state index in [1.165, 1.54) is 25.3 Å². The third-order valence-electron chi connectivity index (χ3n) is 3.30. The summed E-state index contributed by atoms with van der Waals surface area (Å²) in [6.45, 7) is 0. The number of hydrogen-bond acceptors (Lipinski definition) is 0. The summed E-state index contributed by atoms with van der Waals surface area (Å²) in [5.41, 5.74) is 1.09. The Hall–Kier alpha value is -0.270. The van der Waals surface area contributed by atoms with E-state index in [1.54, 1.807) is 12.1 Å². The molecule has 1 saturated carbocycles. The second kappa shape index (κ2) is 5.37. The van der Waals surface area contributed by atoms with Gasteiger partial charge in [0.25, 0.3) is 0 Å². The van der Waals surface area contributed by atoms with E-state index in [-0.39, 0.29) is 16.2 Å². The van der Waals surface area contributed by atoms with Crippen molar-refractivity contribution in [2.75, 3.05) is 0 Å². The van der Waals surface area contributed by atoms with Crippen molar-refractivity contribution in [1.29, 1.82) is 0 Å². The largest absolute Gasteiger partial charge is 0.205 e. The lowest BCUT2D eigenvalue weighted by molar-refractivity contribution is 0.363. The van der Waals surface area contributed by atoms with Crippen LogP contribution in [0.4, 0.5) is 4.39 Å². The molecule has 16 heavy (non-hydrogen) atoms. The molecule has 0 aliphatic heterocycles. The van der Waals surface area contributed by atoms with Gasteiger partial charge in [-0.05, 0) is 42.9 Å². The van der Waals surface area contributed by atoms with E-state index in [0.717, 1.165) is 18.4 Å². The van der Waals surface area contributed by atoms with Crippen LogP contribution < -0.4 is 0 Å². The topological polar surface area (TPSA) is 0 Å². The molecule has 0 aromatic heterocycles. The minimum atomic E-state index is -0.350. The maximum absolute atomic E-state index is 13.0. The molecule has 0 spiro atoms. The Kier molecular flexibility index (Phi) is 4.10. The first-order valence-corrected chi connectivity index (χ1v) is 6.56. The highest BCUT2D eigenvalue weighted by Crippen LogP contribution is 2.31. The summed E-state index contributed by atoms with van der Waals surface area (Å²) in [6.07, 6.45) is 5.66. The maximum atomic E-state index is 13.0. The smallest absolute Gasteiger partial charge is 0.141 e. The Morgan fingerprint density at radius 3 is 2.69 bits per heavy atom. The molecular formula is C13H15Cl2F. The zero-order valence-electron chi connectivity index (χ0n) is 9.06. The molecule has 2 rings (SSSR count). The second-order valence-corrected chi connectivity index (χ2v) is 5.48. The maximum Gasteiger partial charge on any atom is 0.141 e. The van der Waals surface area contributed by atoms with Gasteiger partial charge in [0.1, 0.15) is 5.82 Å². The van der Waals surface area contributed by atoms with Crippen LogP contribution in [0.15, 0.2) is 18.2 Å². The van der Waals surface area contributed by atoms with Crippen LogP contribution in [-0.4, -0.2) is 5.38 Å². The number of benzene rings is 1. The molecule has 0 bridgehead atoms. The third kappa shape index (κ3) is 2.89.